The van der Waals surface area contributed by atoms with Gasteiger partial charge in [-0.3, -0.25) is 14.5 Å². The monoisotopic (exact) mass is 362 g/mol. The summed E-state index contributed by atoms with van der Waals surface area (Å²) >= 11 is 1.64. The lowest BCUT2D eigenvalue weighted by Gasteiger charge is -2.33. The third-order valence-corrected chi connectivity index (χ3v) is 5.27. The van der Waals surface area contributed by atoms with Gasteiger partial charge in [0.2, 0.25) is 11.7 Å². The molecular formula is C17H22N4O3S. The van der Waals surface area contributed by atoms with Crippen LogP contribution in [0, 0.1) is 6.92 Å². The predicted molar refractivity (Wildman–Crippen MR) is 94.5 cm³/mol. The lowest BCUT2D eigenvalue weighted by molar-refractivity contribution is -0.123. The van der Waals surface area contributed by atoms with E-state index in [1.807, 2.05) is 24.4 Å². The molecule has 0 aliphatic carbocycles. The van der Waals surface area contributed by atoms with E-state index in [2.05, 4.69) is 15.4 Å². The molecule has 1 fully saturated rings. The molecule has 0 spiro atoms. The Hall–Kier alpha value is -2.19. The summed E-state index contributed by atoms with van der Waals surface area (Å²) in [6.45, 7) is 6.60. The number of rotatable bonds is 5. The third kappa shape index (κ3) is 4.46. The Morgan fingerprint density at radius 2 is 2.12 bits per heavy atom. The second-order valence-electron chi connectivity index (χ2n) is 6.21. The van der Waals surface area contributed by atoms with E-state index in [0.29, 0.717) is 38.4 Å². The van der Waals surface area contributed by atoms with Crippen molar-refractivity contribution in [1.29, 1.82) is 0 Å². The van der Waals surface area contributed by atoms with Crippen molar-refractivity contribution >= 4 is 23.2 Å². The van der Waals surface area contributed by atoms with Crippen molar-refractivity contribution in [3.8, 4) is 0 Å². The van der Waals surface area contributed by atoms with Crippen molar-refractivity contribution in [2.75, 3.05) is 32.7 Å². The summed E-state index contributed by atoms with van der Waals surface area (Å²) in [4.78, 5) is 29.5. The Labute approximate surface area is 150 Å². The molecule has 1 N–H and O–H groups in total. The van der Waals surface area contributed by atoms with Gasteiger partial charge in [0.05, 0.1) is 18.3 Å². The molecule has 8 heteroatoms. The highest BCUT2D eigenvalue weighted by atomic mass is 32.1. The molecule has 1 unspecified atom stereocenters. The van der Waals surface area contributed by atoms with Gasteiger partial charge in [-0.05, 0) is 25.3 Å². The van der Waals surface area contributed by atoms with E-state index in [1.54, 1.807) is 29.2 Å². The van der Waals surface area contributed by atoms with Gasteiger partial charge in [-0.2, -0.15) is 0 Å². The van der Waals surface area contributed by atoms with E-state index in [9.17, 15) is 9.59 Å². The Morgan fingerprint density at radius 3 is 2.72 bits per heavy atom. The Kier molecular flexibility index (Phi) is 5.50. The first-order valence-electron chi connectivity index (χ1n) is 8.30. The molecule has 2 amide bonds. The molecule has 134 valence electrons. The number of nitrogens with one attached hydrogen (secondary N) is 1. The van der Waals surface area contributed by atoms with Gasteiger partial charge in [0.25, 0.3) is 5.91 Å². The number of nitrogens with zero attached hydrogens (tertiary/aromatic N) is 3. The lowest BCUT2D eigenvalue weighted by Crippen LogP contribution is -2.51. The van der Waals surface area contributed by atoms with Crippen LogP contribution in [-0.2, 0) is 4.79 Å². The molecule has 1 atom stereocenters. The maximum absolute atomic E-state index is 12.3. The number of hydrogen-bond donors (Lipinski definition) is 1. The second-order valence-corrected chi connectivity index (χ2v) is 7.18. The van der Waals surface area contributed by atoms with E-state index in [-0.39, 0.29) is 23.6 Å². The van der Waals surface area contributed by atoms with Crippen LogP contribution < -0.4 is 5.32 Å². The Balaban J connectivity index is 1.44. The minimum Gasteiger partial charge on any atom is -0.351 e. The maximum Gasteiger partial charge on any atom is 0.292 e. The van der Waals surface area contributed by atoms with E-state index >= 15 is 0 Å². The zero-order valence-electron chi connectivity index (χ0n) is 14.4. The van der Waals surface area contributed by atoms with Gasteiger partial charge in [-0.1, -0.05) is 11.2 Å². The minimum absolute atomic E-state index is 0.00605. The molecule has 25 heavy (non-hydrogen) atoms. The van der Waals surface area contributed by atoms with Gasteiger partial charge < -0.3 is 14.7 Å². The van der Waals surface area contributed by atoms with E-state index in [0.717, 1.165) is 4.88 Å². The van der Waals surface area contributed by atoms with Crippen molar-refractivity contribution in [1.82, 2.24) is 20.3 Å². The number of carbonyl (C=O) groups excluding carboxylic acids is 2. The smallest absolute Gasteiger partial charge is 0.292 e. The van der Waals surface area contributed by atoms with Crippen molar-refractivity contribution in [2.45, 2.75) is 19.9 Å². The normalized spacial score (nSPS) is 16.6. The third-order valence-electron chi connectivity index (χ3n) is 4.21. The number of amides is 2. The number of hydrogen-bond acceptors (Lipinski definition) is 6. The fourth-order valence-corrected chi connectivity index (χ4v) is 3.56. The highest BCUT2D eigenvalue weighted by Crippen LogP contribution is 2.18. The maximum atomic E-state index is 12.3. The quantitative estimate of drug-likeness (QED) is 0.875. The largest absolute Gasteiger partial charge is 0.351 e. The van der Waals surface area contributed by atoms with Crippen LogP contribution in [0.15, 0.2) is 28.1 Å². The fraction of sp³-hybridized carbons (Fsp3) is 0.471. The molecule has 1 aliphatic heterocycles. The van der Waals surface area contributed by atoms with Crippen LogP contribution in [0.1, 0.15) is 34.1 Å². The standard InChI is InChI=1S/C17H22N4O3S/c1-12-10-14(24-19-12)17(23)21-7-5-20(6-8-21)11-16(22)18-13(2)15-4-3-9-25-15/h3-4,9-10,13H,5-8,11H2,1-2H3,(H,18,22). The summed E-state index contributed by atoms with van der Waals surface area (Å²) in [7, 11) is 0. The summed E-state index contributed by atoms with van der Waals surface area (Å²) in [6.07, 6.45) is 0. The van der Waals surface area contributed by atoms with Crippen molar-refractivity contribution < 1.29 is 14.1 Å². The SMILES string of the molecule is Cc1cc(C(=O)N2CCN(CC(=O)NC(C)c3cccs3)CC2)on1. The summed E-state index contributed by atoms with van der Waals surface area (Å²) in [5.74, 6) is 0.135. The first-order chi connectivity index (χ1) is 12.0. The molecule has 0 saturated carbocycles. The topological polar surface area (TPSA) is 78.7 Å². The molecule has 2 aromatic rings. The van der Waals surface area contributed by atoms with Crippen LogP contribution in [0.3, 0.4) is 0 Å². The summed E-state index contributed by atoms with van der Waals surface area (Å²) in [6, 6.07) is 5.67. The first-order valence-corrected chi connectivity index (χ1v) is 9.18. The molecule has 0 bridgehead atoms. The average Bonchev–Trinajstić information content (AvgIpc) is 3.26. The fourth-order valence-electron chi connectivity index (χ4n) is 2.83. The molecule has 1 aliphatic rings. The summed E-state index contributed by atoms with van der Waals surface area (Å²) < 4.78 is 5.03. The van der Waals surface area contributed by atoms with Gasteiger partial charge in [0.1, 0.15) is 0 Å². The average molecular weight is 362 g/mol. The molecule has 3 heterocycles. The highest BCUT2D eigenvalue weighted by molar-refractivity contribution is 7.10. The van der Waals surface area contributed by atoms with Gasteiger partial charge in [0.15, 0.2) is 0 Å². The number of thiophene rings is 1. The van der Waals surface area contributed by atoms with Crippen molar-refractivity contribution in [3.63, 3.8) is 0 Å². The Morgan fingerprint density at radius 1 is 1.36 bits per heavy atom. The summed E-state index contributed by atoms with van der Waals surface area (Å²) in [5.41, 5.74) is 0.693. The highest BCUT2D eigenvalue weighted by Gasteiger charge is 2.25. The summed E-state index contributed by atoms with van der Waals surface area (Å²) in [5, 5.41) is 8.77. The number of aromatic nitrogens is 1. The van der Waals surface area contributed by atoms with E-state index in [1.165, 1.54) is 0 Å². The molecule has 7 nitrogen and oxygen atoms in total. The van der Waals surface area contributed by atoms with Crippen LogP contribution in [0.5, 0.6) is 0 Å². The molecular weight excluding hydrogens is 340 g/mol. The van der Waals surface area contributed by atoms with Crippen LogP contribution in [0.25, 0.3) is 0 Å². The van der Waals surface area contributed by atoms with Crippen LogP contribution in [0.2, 0.25) is 0 Å². The van der Waals surface area contributed by atoms with Crippen LogP contribution in [0.4, 0.5) is 0 Å². The van der Waals surface area contributed by atoms with Crippen LogP contribution >= 0.6 is 11.3 Å². The van der Waals surface area contributed by atoms with Crippen molar-refractivity contribution in [2.24, 2.45) is 0 Å². The number of piperazine rings is 1. The Bertz CT molecular complexity index is 720. The zero-order chi connectivity index (χ0) is 17.8. The first kappa shape index (κ1) is 17.6. The van der Waals surface area contributed by atoms with Gasteiger partial charge in [-0.25, -0.2) is 0 Å². The molecule has 0 radical (unpaired) electrons. The second kappa shape index (κ2) is 7.79. The molecule has 1 saturated heterocycles. The van der Waals surface area contributed by atoms with Gasteiger partial charge in [-0.15, -0.1) is 11.3 Å². The molecule has 3 rings (SSSR count). The lowest BCUT2D eigenvalue weighted by atomic mass is 10.2. The van der Waals surface area contributed by atoms with Crippen molar-refractivity contribution in [3.05, 3.63) is 39.9 Å². The zero-order valence-corrected chi connectivity index (χ0v) is 15.2. The number of carbonyl (C=O) groups is 2. The molecule has 0 aromatic carbocycles. The van der Waals surface area contributed by atoms with E-state index < -0.39 is 0 Å². The van der Waals surface area contributed by atoms with Crippen LogP contribution in [-0.4, -0.2) is 59.5 Å². The van der Waals surface area contributed by atoms with Gasteiger partial charge >= 0.3 is 0 Å². The number of aryl methyl sites for hydroxylation is 1. The van der Waals surface area contributed by atoms with Gasteiger partial charge in [0, 0.05) is 37.1 Å². The van der Waals surface area contributed by atoms with E-state index in [4.69, 9.17) is 4.52 Å². The predicted octanol–water partition coefficient (Wildman–Crippen LogP) is 1.68. The minimum atomic E-state index is -0.143. The molecule has 2 aromatic heterocycles.